The minimum atomic E-state index is -0.460. The average molecular weight is 411 g/mol. The number of ether oxygens (including phenoxy) is 4. The van der Waals surface area contributed by atoms with Crippen LogP contribution in [-0.2, 0) is 11.3 Å². The molecule has 1 aromatic heterocycles. The number of hydrogen-bond donors (Lipinski definition) is 0. The molecule has 3 aromatic rings. The van der Waals surface area contributed by atoms with Crippen LogP contribution < -0.4 is 14.2 Å². The highest BCUT2D eigenvalue weighted by molar-refractivity contribution is 5.90. The second-order valence-electron chi connectivity index (χ2n) is 6.76. The predicted molar refractivity (Wildman–Crippen MR) is 110 cm³/mol. The first-order valence-electron chi connectivity index (χ1n) is 9.57. The number of carbonyl (C=O) groups is 1. The lowest BCUT2D eigenvalue weighted by atomic mass is 10.2. The molecular weight excluding hydrogens is 386 g/mol. The Morgan fingerprint density at radius 1 is 1.00 bits per heavy atom. The molecule has 0 amide bonds. The molecule has 0 unspecified atom stereocenters. The van der Waals surface area contributed by atoms with Gasteiger partial charge in [0.05, 0.1) is 23.9 Å². The Morgan fingerprint density at radius 2 is 1.83 bits per heavy atom. The molecular formula is C23H25NO6. The highest BCUT2D eigenvalue weighted by Gasteiger charge is 2.15. The average Bonchev–Trinajstić information content (AvgIpc) is 3.06. The van der Waals surface area contributed by atoms with Crippen molar-refractivity contribution in [3.05, 3.63) is 70.6 Å². The van der Waals surface area contributed by atoms with Crippen LogP contribution in [0.15, 0.2) is 47.0 Å². The van der Waals surface area contributed by atoms with E-state index < -0.39 is 5.97 Å². The van der Waals surface area contributed by atoms with Crippen LogP contribution in [0.4, 0.5) is 0 Å². The summed E-state index contributed by atoms with van der Waals surface area (Å²) in [6.45, 7) is 6.37. The molecule has 0 bridgehead atoms. The fourth-order valence-electron chi connectivity index (χ4n) is 2.85. The third-order valence-corrected chi connectivity index (χ3v) is 4.53. The highest BCUT2D eigenvalue weighted by atomic mass is 16.6. The van der Waals surface area contributed by atoms with Gasteiger partial charge >= 0.3 is 5.97 Å². The molecule has 7 heteroatoms. The van der Waals surface area contributed by atoms with E-state index in [-0.39, 0.29) is 19.8 Å². The fraction of sp³-hybridized carbons (Fsp3) is 0.304. The van der Waals surface area contributed by atoms with Crippen molar-refractivity contribution in [2.24, 2.45) is 0 Å². The quantitative estimate of drug-likeness (QED) is 0.381. The lowest BCUT2D eigenvalue weighted by Crippen LogP contribution is -2.12. The van der Waals surface area contributed by atoms with Crippen molar-refractivity contribution in [3.8, 4) is 17.2 Å². The number of aromatic nitrogens is 1. The zero-order chi connectivity index (χ0) is 21.5. The van der Waals surface area contributed by atoms with Crippen molar-refractivity contribution >= 4 is 5.97 Å². The Bertz CT molecular complexity index is 991. The number of nitrogens with zero attached hydrogens (tertiary/aromatic N) is 1. The number of benzene rings is 2. The van der Waals surface area contributed by atoms with Gasteiger partial charge in [-0.2, -0.15) is 0 Å². The van der Waals surface area contributed by atoms with Crippen LogP contribution in [0.25, 0.3) is 0 Å². The number of hydrogen-bond acceptors (Lipinski definition) is 7. The fourth-order valence-corrected chi connectivity index (χ4v) is 2.85. The molecule has 0 aliphatic heterocycles. The summed E-state index contributed by atoms with van der Waals surface area (Å²) in [7, 11) is 1.52. The first-order valence-corrected chi connectivity index (χ1v) is 9.57. The van der Waals surface area contributed by atoms with Gasteiger partial charge in [0.2, 0.25) is 0 Å². The van der Waals surface area contributed by atoms with E-state index in [1.807, 2.05) is 45.0 Å². The van der Waals surface area contributed by atoms with Crippen LogP contribution in [0, 0.1) is 20.8 Å². The molecule has 0 aliphatic rings. The van der Waals surface area contributed by atoms with Crippen molar-refractivity contribution in [1.29, 1.82) is 0 Å². The van der Waals surface area contributed by atoms with Crippen LogP contribution in [0.2, 0.25) is 0 Å². The van der Waals surface area contributed by atoms with Gasteiger partial charge in [-0.25, -0.2) is 4.79 Å². The minimum absolute atomic E-state index is 0.138. The van der Waals surface area contributed by atoms with Crippen molar-refractivity contribution in [2.45, 2.75) is 27.4 Å². The molecule has 0 radical (unpaired) electrons. The molecule has 0 spiro atoms. The first kappa shape index (κ1) is 21.2. The van der Waals surface area contributed by atoms with Gasteiger partial charge in [-0.3, -0.25) is 0 Å². The van der Waals surface area contributed by atoms with Gasteiger partial charge in [0, 0.05) is 0 Å². The molecule has 0 N–H and O–H groups in total. The number of aryl methyl sites for hydroxylation is 3. The second-order valence-corrected chi connectivity index (χ2v) is 6.76. The molecule has 3 rings (SSSR count). The van der Waals surface area contributed by atoms with Gasteiger partial charge in [-0.05, 0) is 56.7 Å². The topological polar surface area (TPSA) is 80.0 Å². The highest BCUT2D eigenvalue weighted by Crippen LogP contribution is 2.29. The van der Waals surface area contributed by atoms with E-state index in [9.17, 15) is 4.79 Å². The first-order chi connectivity index (χ1) is 14.5. The molecule has 0 saturated carbocycles. The number of carbonyl (C=O) groups excluding carboxylic acids is 1. The summed E-state index contributed by atoms with van der Waals surface area (Å²) < 4.78 is 27.2. The molecule has 2 aromatic carbocycles. The molecule has 30 heavy (non-hydrogen) atoms. The van der Waals surface area contributed by atoms with E-state index in [1.165, 1.54) is 7.11 Å². The van der Waals surface area contributed by atoms with Crippen molar-refractivity contribution in [2.75, 3.05) is 20.3 Å². The number of esters is 1. The largest absolute Gasteiger partial charge is 0.493 e. The van der Waals surface area contributed by atoms with Gasteiger partial charge in [-0.15, -0.1) is 0 Å². The van der Waals surface area contributed by atoms with E-state index >= 15 is 0 Å². The van der Waals surface area contributed by atoms with Crippen molar-refractivity contribution in [3.63, 3.8) is 0 Å². The van der Waals surface area contributed by atoms with Crippen LogP contribution in [0.1, 0.15) is 32.9 Å². The third-order valence-electron chi connectivity index (χ3n) is 4.53. The summed E-state index contributed by atoms with van der Waals surface area (Å²) in [5, 5.41) is 3.91. The van der Waals surface area contributed by atoms with E-state index in [4.69, 9.17) is 23.5 Å². The molecule has 1 heterocycles. The molecule has 158 valence electrons. The number of rotatable bonds is 9. The van der Waals surface area contributed by atoms with Gasteiger partial charge in [0.15, 0.2) is 11.5 Å². The summed E-state index contributed by atoms with van der Waals surface area (Å²) >= 11 is 0. The number of methoxy groups -OCH3 is 1. The normalized spacial score (nSPS) is 10.5. The lowest BCUT2D eigenvalue weighted by molar-refractivity contribution is 0.0450. The predicted octanol–water partition coefficient (Wildman–Crippen LogP) is 4.42. The molecule has 0 atom stereocenters. The van der Waals surface area contributed by atoms with Gasteiger partial charge in [-0.1, -0.05) is 17.3 Å². The van der Waals surface area contributed by atoms with Gasteiger partial charge in [0.1, 0.15) is 31.3 Å². The zero-order valence-electron chi connectivity index (χ0n) is 17.6. The summed E-state index contributed by atoms with van der Waals surface area (Å²) in [6, 6.07) is 12.6. The SMILES string of the molecule is COc1cc(C(=O)OCCOc2cccc(C)c2)ccc1OCc1c(C)noc1C. The summed E-state index contributed by atoms with van der Waals surface area (Å²) in [5.74, 6) is 1.94. The second kappa shape index (κ2) is 9.82. The lowest BCUT2D eigenvalue weighted by Gasteiger charge is -2.12. The van der Waals surface area contributed by atoms with Crippen LogP contribution in [-0.4, -0.2) is 31.4 Å². The van der Waals surface area contributed by atoms with Crippen molar-refractivity contribution < 1.29 is 28.3 Å². The monoisotopic (exact) mass is 411 g/mol. The zero-order valence-corrected chi connectivity index (χ0v) is 17.6. The Labute approximate surface area is 175 Å². The maximum atomic E-state index is 12.3. The smallest absolute Gasteiger partial charge is 0.338 e. The standard InChI is InChI=1S/C23H25NO6/c1-15-6-5-7-19(12-15)27-10-11-28-23(25)18-8-9-21(22(13-18)26-4)29-14-20-16(2)24-30-17(20)3/h5-9,12-13H,10-11,14H2,1-4H3. The Hall–Kier alpha value is -3.48. The third kappa shape index (κ3) is 5.31. The molecule has 0 saturated heterocycles. The summed E-state index contributed by atoms with van der Waals surface area (Å²) in [5.41, 5.74) is 3.13. The molecule has 0 aliphatic carbocycles. The van der Waals surface area contributed by atoms with Crippen LogP contribution >= 0.6 is 0 Å². The molecule has 7 nitrogen and oxygen atoms in total. The van der Waals surface area contributed by atoms with E-state index in [0.717, 1.165) is 22.6 Å². The maximum absolute atomic E-state index is 12.3. The molecule has 0 fully saturated rings. The Balaban J connectivity index is 1.54. The van der Waals surface area contributed by atoms with E-state index in [1.54, 1.807) is 18.2 Å². The van der Waals surface area contributed by atoms with E-state index in [0.29, 0.717) is 22.8 Å². The maximum Gasteiger partial charge on any atom is 0.338 e. The Kier molecular flexibility index (Phi) is 6.95. The minimum Gasteiger partial charge on any atom is -0.493 e. The van der Waals surface area contributed by atoms with Crippen LogP contribution in [0.5, 0.6) is 17.2 Å². The van der Waals surface area contributed by atoms with Gasteiger partial charge < -0.3 is 23.5 Å². The summed E-state index contributed by atoms with van der Waals surface area (Å²) in [4.78, 5) is 12.3. The van der Waals surface area contributed by atoms with Crippen molar-refractivity contribution in [1.82, 2.24) is 5.16 Å². The summed E-state index contributed by atoms with van der Waals surface area (Å²) in [6.07, 6.45) is 0. The van der Waals surface area contributed by atoms with Gasteiger partial charge in [0.25, 0.3) is 0 Å². The Morgan fingerprint density at radius 3 is 2.53 bits per heavy atom. The van der Waals surface area contributed by atoms with Crippen LogP contribution in [0.3, 0.4) is 0 Å². The van der Waals surface area contributed by atoms with E-state index in [2.05, 4.69) is 5.16 Å².